The number of ether oxygens (including phenoxy) is 2. The Kier molecular flexibility index (Phi) is 4.34. The molecule has 0 fully saturated rings. The Morgan fingerprint density at radius 3 is 2.71 bits per heavy atom. The number of nitrogens with zero attached hydrogens (tertiary/aromatic N) is 2. The van der Waals surface area contributed by atoms with Gasteiger partial charge in [-0.25, -0.2) is 4.79 Å². The Morgan fingerprint density at radius 2 is 2.10 bits per heavy atom. The van der Waals surface area contributed by atoms with Gasteiger partial charge in [-0.2, -0.15) is 0 Å². The summed E-state index contributed by atoms with van der Waals surface area (Å²) >= 11 is 5.77. The Hall–Kier alpha value is -2.67. The number of methoxy groups -OCH3 is 1. The molecule has 0 radical (unpaired) electrons. The van der Waals surface area contributed by atoms with Crippen molar-refractivity contribution in [1.29, 1.82) is 0 Å². The number of hydrogen-bond donors (Lipinski definition) is 0. The lowest BCUT2D eigenvalue weighted by atomic mass is 10.2. The number of hydrogen-bond acceptors (Lipinski definition) is 6. The third-order valence-corrected chi connectivity index (χ3v) is 2.69. The Labute approximate surface area is 124 Å². The molecule has 1 heterocycles. The Balaban J connectivity index is 2.43. The van der Waals surface area contributed by atoms with E-state index in [0.29, 0.717) is 5.02 Å². The summed E-state index contributed by atoms with van der Waals surface area (Å²) in [5, 5.41) is 11.3. The van der Waals surface area contributed by atoms with Crippen LogP contribution in [0, 0.1) is 10.1 Å². The second-order valence-electron chi connectivity index (χ2n) is 3.87. The van der Waals surface area contributed by atoms with Crippen molar-refractivity contribution < 1.29 is 19.2 Å². The minimum Gasteiger partial charge on any atom is -0.465 e. The maximum Gasteiger partial charge on any atom is 0.337 e. The standard InChI is InChI=1S/C13H9ClN2O5/c1-20-13(17)8-2-3-11(16(18)19)12(4-8)21-10-5-9(14)6-15-7-10/h2-7H,1H3. The highest BCUT2D eigenvalue weighted by Gasteiger charge is 2.19. The molecule has 1 aromatic carbocycles. The van der Waals surface area contributed by atoms with Gasteiger partial charge in [0.05, 0.1) is 28.8 Å². The maximum atomic E-state index is 11.5. The molecule has 1 aromatic heterocycles. The van der Waals surface area contributed by atoms with Crippen LogP contribution >= 0.6 is 11.6 Å². The normalized spacial score (nSPS) is 10.0. The van der Waals surface area contributed by atoms with Crippen molar-refractivity contribution in [2.24, 2.45) is 0 Å². The molecule has 2 aromatic rings. The molecule has 108 valence electrons. The van der Waals surface area contributed by atoms with E-state index in [2.05, 4.69) is 9.72 Å². The topological polar surface area (TPSA) is 91.6 Å². The fourth-order valence-corrected chi connectivity index (χ4v) is 1.73. The highest BCUT2D eigenvalue weighted by Crippen LogP contribution is 2.32. The zero-order valence-corrected chi connectivity index (χ0v) is 11.5. The fraction of sp³-hybridized carbons (Fsp3) is 0.0769. The minimum absolute atomic E-state index is 0.105. The van der Waals surface area contributed by atoms with Gasteiger partial charge in [0.15, 0.2) is 0 Å². The van der Waals surface area contributed by atoms with Gasteiger partial charge in [-0.1, -0.05) is 11.6 Å². The minimum atomic E-state index is -0.626. The van der Waals surface area contributed by atoms with E-state index in [-0.39, 0.29) is 22.7 Å². The predicted molar refractivity (Wildman–Crippen MR) is 73.8 cm³/mol. The fourth-order valence-electron chi connectivity index (χ4n) is 1.57. The molecule has 0 amide bonds. The Morgan fingerprint density at radius 1 is 1.33 bits per heavy atom. The summed E-state index contributed by atoms with van der Waals surface area (Å²) < 4.78 is 9.95. The van der Waals surface area contributed by atoms with Crippen molar-refractivity contribution in [3.05, 3.63) is 57.4 Å². The van der Waals surface area contributed by atoms with E-state index in [1.807, 2.05) is 0 Å². The number of pyridine rings is 1. The van der Waals surface area contributed by atoms with Crippen molar-refractivity contribution >= 4 is 23.3 Å². The zero-order valence-electron chi connectivity index (χ0n) is 10.8. The molecule has 0 aliphatic heterocycles. The summed E-state index contributed by atoms with van der Waals surface area (Å²) in [6.45, 7) is 0. The number of rotatable bonds is 4. The Bertz CT molecular complexity index is 705. The van der Waals surface area contributed by atoms with Gasteiger partial charge in [-0.15, -0.1) is 0 Å². The number of benzene rings is 1. The quantitative estimate of drug-likeness (QED) is 0.489. The summed E-state index contributed by atoms with van der Waals surface area (Å²) in [6, 6.07) is 5.13. The molecule has 0 unspecified atom stereocenters. The van der Waals surface area contributed by atoms with Gasteiger partial charge in [0.1, 0.15) is 5.75 Å². The predicted octanol–water partition coefficient (Wildman–Crippen LogP) is 3.22. The largest absolute Gasteiger partial charge is 0.465 e. The third-order valence-electron chi connectivity index (χ3n) is 2.49. The molecular weight excluding hydrogens is 300 g/mol. The molecular formula is C13H9ClN2O5. The van der Waals surface area contributed by atoms with Crippen LogP contribution in [0.3, 0.4) is 0 Å². The van der Waals surface area contributed by atoms with Crippen molar-refractivity contribution in [2.45, 2.75) is 0 Å². The summed E-state index contributed by atoms with van der Waals surface area (Å²) in [6.07, 6.45) is 2.74. The van der Waals surface area contributed by atoms with Crippen LogP contribution in [0.1, 0.15) is 10.4 Å². The van der Waals surface area contributed by atoms with Gasteiger partial charge in [0.2, 0.25) is 5.75 Å². The third kappa shape index (κ3) is 3.46. The van der Waals surface area contributed by atoms with Crippen LogP contribution in [0.2, 0.25) is 5.02 Å². The molecule has 0 atom stereocenters. The van der Waals surface area contributed by atoms with Gasteiger partial charge >= 0.3 is 11.7 Å². The molecule has 21 heavy (non-hydrogen) atoms. The van der Waals surface area contributed by atoms with E-state index in [1.54, 1.807) is 0 Å². The number of carbonyl (C=O) groups excluding carboxylic acids is 1. The smallest absolute Gasteiger partial charge is 0.337 e. The van der Waals surface area contributed by atoms with Crippen molar-refractivity contribution in [3.8, 4) is 11.5 Å². The molecule has 8 heteroatoms. The number of carbonyl (C=O) groups is 1. The molecule has 7 nitrogen and oxygen atoms in total. The first-order chi connectivity index (χ1) is 10.0. The maximum absolute atomic E-state index is 11.5. The van der Waals surface area contributed by atoms with Crippen molar-refractivity contribution in [3.63, 3.8) is 0 Å². The average molecular weight is 309 g/mol. The second-order valence-corrected chi connectivity index (χ2v) is 4.31. The highest BCUT2D eigenvalue weighted by atomic mass is 35.5. The van der Waals surface area contributed by atoms with E-state index >= 15 is 0 Å². The molecule has 0 bridgehead atoms. The summed E-state index contributed by atoms with van der Waals surface area (Å²) in [5.41, 5.74) is -0.157. The zero-order chi connectivity index (χ0) is 15.4. The van der Waals surface area contributed by atoms with Gasteiger partial charge in [0.25, 0.3) is 0 Å². The van der Waals surface area contributed by atoms with Crippen LogP contribution in [-0.4, -0.2) is 23.0 Å². The van der Waals surface area contributed by atoms with E-state index in [4.69, 9.17) is 16.3 Å². The molecule has 0 aliphatic carbocycles. The first-order valence-corrected chi connectivity index (χ1v) is 6.04. The summed E-state index contributed by atoms with van der Waals surface area (Å²) in [5.74, 6) is -0.515. The lowest BCUT2D eigenvalue weighted by molar-refractivity contribution is -0.385. The lowest BCUT2D eigenvalue weighted by Gasteiger charge is -2.07. The number of aromatic nitrogens is 1. The molecule has 0 saturated carbocycles. The van der Waals surface area contributed by atoms with Gasteiger partial charge < -0.3 is 9.47 Å². The van der Waals surface area contributed by atoms with Crippen molar-refractivity contribution in [2.75, 3.05) is 7.11 Å². The molecule has 0 N–H and O–H groups in total. The number of nitro groups is 1. The van der Waals surface area contributed by atoms with Crippen LogP contribution < -0.4 is 4.74 Å². The summed E-state index contributed by atoms with van der Waals surface area (Å²) in [4.78, 5) is 25.7. The van der Waals surface area contributed by atoms with Crippen LogP contribution in [0.25, 0.3) is 0 Å². The lowest BCUT2D eigenvalue weighted by Crippen LogP contribution is -2.02. The average Bonchev–Trinajstić information content (AvgIpc) is 2.46. The van der Waals surface area contributed by atoms with Gasteiger partial charge in [-0.05, 0) is 6.07 Å². The van der Waals surface area contributed by atoms with Crippen LogP contribution in [0.5, 0.6) is 11.5 Å². The van der Waals surface area contributed by atoms with Crippen LogP contribution in [0.4, 0.5) is 5.69 Å². The summed E-state index contributed by atoms with van der Waals surface area (Å²) in [7, 11) is 1.21. The van der Waals surface area contributed by atoms with Crippen LogP contribution in [-0.2, 0) is 4.74 Å². The van der Waals surface area contributed by atoms with E-state index in [0.717, 1.165) is 0 Å². The van der Waals surface area contributed by atoms with E-state index < -0.39 is 10.9 Å². The second kappa shape index (κ2) is 6.19. The van der Waals surface area contributed by atoms with E-state index in [1.165, 1.54) is 43.8 Å². The molecule has 0 saturated heterocycles. The first-order valence-electron chi connectivity index (χ1n) is 5.66. The number of nitro benzene ring substituents is 1. The SMILES string of the molecule is COC(=O)c1ccc([N+](=O)[O-])c(Oc2cncc(Cl)c2)c1. The number of esters is 1. The molecule has 0 spiro atoms. The highest BCUT2D eigenvalue weighted by molar-refractivity contribution is 6.30. The van der Waals surface area contributed by atoms with Gasteiger partial charge in [-0.3, -0.25) is 15.1 Å². The van der Waals surface area contributed by atoms with Crippen LogP contribution in [0.15, 0.2) is 36.7 Å². The number of halogens is 1. The van der Waals surface area contributed by atoms with Crippen molar-refractivity contribution in [1.82, 2.24) is 4.98 Å². The van der Waals surface area contributed by atoms with E-state index in [9.17, 15) is 14.9 Å². The van der Waals surface area contributed by atoms with Gasteiger partial charge in [0, 0.05) is 24.4 Å². The first kappa shape index (κ1) is 14.7. The molecule has 0 aliphatic rings. The molecule has 2 rings (SSSR count). The monoisotopic (exact) mass is 308 g/mol.